The van der Waals surface area contributed by atoms with Gasteiger partial charge in [0.2, 0.25) is 0 Å². The van der Waals surface area contributed by atoms with Crippen molar-refractivity contribution in [1.29, 1.82) is 0 Å². The van der Waals surface area contributed by atoms with E-state index in [9.17, 15) is 14.7 Å². The molecule has 0 saturated heterocycles. The zero-order valence-electron chi connectivity index (χ0n) is 15.9. The van der Waals surface area contributed by atoms with Gasteiger partial charge in [-0.15, -0.1) is 0 Å². The Morgan fingerprint density at radius 1 is 1.03 bits per heavy atom. The normalized spacial score (nSPS) is 10.6. The molecule has 0 aliphatic carbocycles. The van der Waals surface area contributed by atoms with Gasteiger partial charge in [-0.2, -0.15) is 0 Å². The van der Waals surface area contributed by atoms with Crippen LogP contribution >= 0.6 is 11.3 Å². The molecule has 4 aromatic rings. The fraction of sp³-hybridized carbons (Fsp3) is 0.0455. The number of hydrogen-bond donors (Lipinski definition) is 2. The lowest BCUT2D eigenvalue weighted by atomic mass is 10.1. The maximum atomic E-state index is 12.8. The molecule has 2 N–H and O–H groups in total. The highest BCUT2D eigenvalue weighted by atomic mass is 32.1. The number of aromatic carboxylic acids is 1. The van der Waals surface area contributed by atoms with E-state index in [-0.39, 0.29) is 11.1 Å². The lowest BCUT2D eigenvalue weighted by Crippen LogP contribution is -2.16. The molecule has 0 aliphatic rings. The van der Waals surface area contributed by atoms with Crippen LogP contribution in [0.1, 0.15) is 26.3 Å². The van der Waals surface area contributed by atoms with Gasteiger partial charge in [0, 0.05) is 11.8 Å². The van der Waals surface area contributed by atoms with Gasteiger partial charge < -0.3 is 5.11 Å². The smallest absolute Gasteiger partial charge is 0.336 e. The van der Waals surface area contributed by atoms with Crippen molar-refractivity contribution < 1.29 is 14.7 Å². The van der Waals surface area contributed by atoms with Crippen molar-refractivity contribution in [1.82, 2.24) is 15.0 Å². The minimum Gasteiger partial charge on any atom is -0.478 e. The van der Waals surface area contributed by atoms with Crippen LogP contribution in [0.5, 0.6) is 0 Å². The van der Waals surface area contributed by atoms with Gasteiger partial charge in [0.05, 0.1) is 27.4 Å². The number of carboxylic acid groups (broad SMARTS) is 1. The Balaban J connectivity index is 1.75. The van der Waals surface area contributed by atoms with Crippen LogP contribution in [0.3, 0.4) is 0 Å². The van der Waals surface area contributed by atoms with Crippen LogP contribution in [0, 0.1) is 6.92 Å². The highest BCUT2D eigenvalue weighted by molar-refractivity contribution is 7.19. The number of aryl methyl sites for hydroxylation is 1. The summed E-state index contributed by atoms with van der Waals surface area (Å²) in [6.07, 6.45) is 3.10. The molecule has 1 amide bonds. The predicted molar refractivity (Wildman–Crippen MR) is 115 cm³/mol. The van der Waals surface area contributed by atoms with E-state index in [2.05, 4.69) is 20.3 Å². The Bertz CT molecular complexity index is 1240. The number of nitrogens with one attached hydrogen (secondary N) is 1. The summed E-state index contributed by atoms with van der Waals surface area (Å²) in [6.45, 7) is 1.99. The first-order valence-corrected chi connectivity index (χ1v) is 9.82. The van der Waals surface area contributed by atoms with Crippen LogP contribution in [0.2, 0.25) is 0 Å². The van der Waals surface area contributed by atoms with Crippen molar-refractivity contribution in [2.75, 3.05) is 5.32 Å². The number of rotatable bonds is 5. The molecule has 2 aromatic carbocycles. The van der Waals surface area contributed by atoms with E-state index < -0.39 is 11.9 Å². The summed E-state index contributed by atoms with van der Waals surface area (Å²) >= 11 is 1.27. The van der Waals surface area contributed by atoms with Crippen molar-refractivity contribution >= 4 is 28.3 Å². The van der Waals surface area contributed by atoms with E-state index in [1.165, 1.54) is 29.8 Å². The largest absolute Gasteiger partial charge is 0.478 e. The van der Waals surface area contributed by atoms with Crippen LogP contribution in [-0.2, 0) is 0 Å². The molecule has 148 valence electrons. The van der Waals surface area contributed by atoms with Crippen molar-refractivity contribution in [2.45, 2.75) is 6.92 Å². The van der Waals surface area contributed by atoms with Crippen LogP contribution in [0.15, 0.2) is 67.1 Å². The van der Waals surface area contributed by atoms with Crippen LogP contribution in [0.25, 0.3) is 21.8 Å². The monoisotopic (exact) mass is 416 g/mol. The standard InChI is InChI=1S/C22H16N4O3S/c1-13-5-4-6-14(11-13)18-19(17-9-10-23-12-24-17)30-22(25-18)26-20(27)15-7-2-3-8-16(15)21(28)29/h2-12H,1H3,(H,28,29)(H,25,26,27). The fourth-order valence-electron chi connectivity index (χ4n) is 2.99. The van der Waals surface area contributed by atoms with Gasteiger partial charge in [-0.3, -0.25) is 10.1 Å². The molecule has 0 fully saturated rings. The fourth-order valence-corrected chi connectivity index (χ4v) is 3.95. The number of aromatic nitrogens is 3. The average Bonchev–Trinajstić information content (AvgIpc) is 3.18. The number of carbonyl (C=O) groups excluding carboxylic acids is 1. The van der Waals surface area contributed by atoms with Gasteiger partial charge in [0.25, 0.3) is 5.91 Å². The second-order valence-electron chi connectivity index (χ2n) is 6.47. The number of amides is 1. The Morgan fingerprint density at radius 3 is 2.53 bits per heavy atom. The first kappa shape index (κ1) is 19.4. The topological polar surface area (TPSA) is 105 Å². The highest BCUT2D eigenvalue weighted by Crippen LogP contribution is 2.38. The SMILES string of the molecule is Cc1cccc(-c2nc(NC(=O)c3ccccc3C(=O)O)sc2-c2ccncn2)c1. The summed E-state index contributed by atoms with van der Waals surface area (Å²) in [6, 6.07) is 15.7. The zero-order valence-corrected chi connectivity index (χ0v) is 16.7. The van der Waals surface area contributed by atoms with Gasteiger partial charge in [-0.05, 0) is 31.2 Å². The van der Waals surface area contributed by atoms with Gasteiger partial charge in [-0.25, -0.2) is 19.7 Å². The van der Waals surface area contributed by atoms with Gasteiger partial charge in [0.15, 0.2) is 5.13 Å². The molecule has 2 aromatic heterocycles. The third kappa shape index (κ3) is 3.94. The summed E-state index contributed by atoms with van der Waals surface area (Å²) in [4.78, 5) is 37.9. The molecular formula is C22H16N4O3S. The summed E-state index contributed by atoms with van der Waals surface area (Å²) in [7, 11) is 0. The minimum absolute atomic E-state index is 0.0681. The van der Waals surface area contributed by atoms with Crippen LogP contribution in [-0.4, -0.2) is 31.9 Å². The average molecular weight is 416 g/mol. The number of thiazole rings is 1. The molecule has 0 radical (unpaired) electrons. The zero-order chi connectivity index (χ0) is 21.1. The molecule has 0 spiro atoms. The molecule has 0 unspecified atom stereocenters. The van der Waals surface area contributed by atoms with Crippen LogP contribution in [0.4, 0.5) is 5.13 Å². The molecule has 2 heterocycles. The van der Waals surface area contributed by atoms with E-state index in [0.29, 0.717) is 16.5 Å². The molecule has 0 saturated carbocycles. The molecular weight excluding hydrogens is 400 g/mol. The number of hydrogen-bond acceptors (Lipinski definition) is 6. The lowest BCUT2D eigenvalue weighted by molar-refractivity contribution is 0.0692. The maximum Gasteiger partial charge on any atom is 0.336 e. The number of nitrogens with zero attached hydrogens (tertiary/aromatic N) is 3. The summed E-state index contributed by atoms with van der Waals surface area (Å²) in [5, 5.41) is 12.4. The first-order chi connectivity index (χ1) is 14.5. The Labute approximate surface area is 176 Å². The van der Waals surface area contributed by atoms with Gasteiger partial charge in [-0.1, -0.05) is 47.2 Å². The molecule has 0 bridgehead atoms. The molecule has 30 heavy (non-hydrogen) atoms. The molecule has 0 aliphatic heterocycles. The lowest BCUT2D eigenvalue weighted by Gasteiger charge is -2.05. The van der Waals surface area contributed by atoms with Crippen molar-refractivity contribution in [3.63, 3.8) is 0 Å². The predicted octanol–water partition coefficient (Wildman–Crippen LogP) is 4.53. The van der Waals surface area contributed by atoms with E-state index in [4.69, 9.17) is 0 Å². The third-order valence-corrected chi connectivity index (χ3v) is 5.35. The van der Waals surface area contributed by atoms with E-state index in [1.54, 1.807) is 24.4 Å². The number of carbonyl (C=O) groups is 2. The van der Waals surface area contributed by atoms with Gasteiger partial charge in [0.1, 0.15) is 6.33 Å². The summed E-state index contributed by atoms with van der Waals surface area (Å²) < 4.78 is 0. The van der Waals surface area contributed by atoms with E-state index in [0.717, 1.165) is 16.0 Å². The molecule has 7 nitrogen and oxygen atoms in total. The number of benzene rings is 2. The quantitative estimate of drug-likeness (QED) is 0.495. The molecule has 4 rings (SSSR count). The number of anilines is 1. The summed E-state index contributed by atoms with van der Waals surface area (Å²) in [5.41, 5.74) is 3.35. The van der Waals surface area contributed by atoms with E-state index >= 15 is 0 Å². The molecule has 8 heteroatoms. The second-order valence-corrected chi connectivity index (χ2v) is 7.46. The second kappa shape index (κ2) is 8.22. The van der Waals surface area contributed by atoms with Crippen molar-refractivity contribution in [3.8, 4) is 21.8 Å². The highest BCUT2D eigenvalue weighted by Gasteiger charge is 2.20. The van der Waals surface area contributed by atoms with E-state index in [1.807, 2.05) is 31.2 Å². The van der Waals surface area contributed by atoms with Crippen molar-refractivity contribution in [2.24, 2.45) is 0 Å². The minimum atomic E-state index is -1.16. The summed E-state index contributed by atoms with van der Waals surface area (Å²) in [5.74, 6) is -1.70. The van der Waals surface area contributed by atoms with Crippen LogP contribution < -0.4 is 5.32 Å². The molecule has 0 atom stereocenters. The third-order valence-electron chi connectivity index (χ3n) is 4.36. The maximum absolute atomic E-state index is 12.8. The Morgan fingerprint density at radius 2 is 1.83 bits per heavy atom. The van der Waals surface area contributed by atoms with Crippen molar-refractivity contribution in [3.05, 3.63) is 83.8 Å². The Kier molecular flexibility index (Phi) is 5.32. The number of carboxylic acids is 1. The van der Waals surface area contributed by atoms with Gasteiger partial charge >= 0.3 is 5.97 Å². The Hall–Kier alpha value is -3.91. The first-order valence-electron chi connectivity index (χ1n) is 9.01.